The van der Waals surface area contributed by atoms with E-state index < -0.39 is 0 Å². The van der Waals surface area contributed by atoms with Crippen LogP contribution in [0.4, 0.5) is 14.3 Å². The molecule has 0 bridgehead atoms. The molecule has 0 spiro atoms. The monoisotopic (exact) mass is 382 g/mol. The maximum atomic E-state index is 14.0. The molecular formula is C17H20ClFN4OS. The van der Waals surface area contributed by atoms with Gasteiger partial charge in [0.25, 0.3) is 0 Å². The molecule has 2 N–H and O–H groups in total. The van der Waals surface area contributed by atoms with Gasteiger partial charge in [0.15, 0.2) is 5.13 Å². The van der Waals surface area contributed by atoms with Crippen LogP contribution >= 0.6 is 22.9 Å². The number of anilines is 1. The molecule has 5 nitrogen and oxygen atoms in total. The second kappa shape index (κ2) is 7.68. The minimum Gasteiger partial charge on any atom is -0.336 e. The van der Waals surface area contributed by atoms with E-state index >= 15 is 0 Å². The summed E-state index contributed by atoms with van der Waals surface area (Å²) in [5.41, 5.74) is 1.52. The molecule has 3 rings (SSSR count). The zero-order chi connectivity index (χ0) is 18.0. The maximum absolute atomic E-state index is 14.0. The molecule has 0 saturated carbocycles. The Balaban J connectivity index is 1.66. The van der Waals surface area contributed by atoms with Crippen molar-refractivity contribution in [3.8, 4) is 0 Å². The SMILES string of the molecule is CC(C)NC(=O)Nc1nc2c(s1)CN(Cc1c(F)cccc1Cl)CC2. The number of nitrogens with zero attached hydrogens (tertiary/aromatic N) is 2. The van der Waals surface area contributed by atoms with E-state index in [1.165, 1.54) is 17.4 Å². The number of hydrogen-bond donors (Lipinski definition) is 2. The zero-order valence-electron chi connectivity index (χ0n) is 14.1. The van der Waals surface area contributed by atoms with Crippen LogP contribution < -0.4 is 10.6 Å². The number of amides is 2. The number of rotatable bonds is 4. The van der Waals surface area contributed by atoms with E-state index in [0.717, 1.165) is 23.5 Å². The van der Waals surface area contributed by atoms with Gasteiger partial charge in [0, 0.05) is 47.6 Å². The molecule has 1 aliphatic rings. The van der Waals surface area contributed by atoms with Crippen molar-refractivity contribution in [1.82, 2.24) is 15.2 Å². The summed E-state index contributed by atoms with van der Waals surface area (Å²) in [6, 6.07) is 4.56. The van der Waals surface area contributed by atoms with E-state index in [1.54, 1.807) is 12.1 Å². The van der Waals surface area contributed by atoms with Crippen LogP contribution in [0.25, 0.3) is 0 Å². The van der Waals surface area contributed by atoms with Crippen LogP contribution in [-0.2, 0) is 19.5 Å². The van der Waals surface area contributed by atoms with Gasteiger partial charge in [-0.1, -0.05) is 17.7 Å². The molecule has 25 heavy (non-hydrogen) atoms. The van der Waals surface area contributed by atoms with Crippen molar-refractivity contribution >= 4 is 34.1 Å². The van der Waals surface area contributed by atoms with Crippen molar-refractivity contribution in [3.05, 3.63) is 45.2 Å². The molecule has 1 aromatic heterocycles. The largest absolute Gasteiger partial charge is 0.336 e. The molecule has 2 amide bonds. The predicted molar refractivity (Wildman–Crippen MR) is 98.6 cm³/mol. The van der Waals surface area contributed by atoms with Gasteiger partial charge in [-0.25, -0.2) is 14.2 Å². The first-order chi connectivity index (χ1) is 11.9. The number of carbonyl (C=O) groups is 1. The summed E-state index contributed by atoms with van der Waals surface area (Å²) >= 11 is 7.58. The Morgan fingerprint density at radius 1 is 1.48 bits per heavy atom. The molecule has 8 heteroatoms. The van der Waals surface area contributed by atoms with Gasteiger partial charge in [0.2, 0.25) is 0 Å². The standard InChI is InChI=1S/C17H20ClFN4OS/c1-10(2)20-16(24)22-17-21-14-6-7-23(9-15(14)25-17)8-11-12(18)4-3-5-13(11)19/h3-5,10H,6-9H2,1-2H3,(H2,20,21,22,24). The molecule has 2 heterocycles. The van der Waals surface area contributed by atoms with Crippen LogP contribution in [0.1, 0.15) is 30.0 Å². The number of hydrogen-bond acceptors (Lipinski definition) is 4. The van der Waals surface area contributed by atoms with E-state index in [2.05, 4.69) is 20.5 Å². The molecule has 0 atom stereocenters. The van der Waals surface area contributed by atoms with E-state index in [4.69, 9.17) is 11.6 Å². The fourth-order valence-electron chi connectivity index (χ4n) is 2.74. The number of fused-ring (bicyclic) bond motifs is 1. The Bertz CT molecular complexity index is 760. The van der Waals surface area contributed by atoms with Crippen molar-refractivity contribution in [2.24, 2.45) is 0 Å². The van der Waals surface area contributed by atoms with E-state index in [0.29, 0.717) is 28.8 Å². The lowest BCUT2D eigenvalue weighted by Crippen LogP contribution is -2.34. The summed E-state index contributed by atoms with van der Waals surface area (Å²) in [6.45, 7) is 5.71. The minimum atomic E-state index is -0.282. The smallest absolute Gasteiger partial charge is 0.321 e. The molecule has 1 aliphatic heterocycles. The number of benzene rings is 1. The third-order valence-electron chi connectivity index (χ3n) is 3.89. The first-order valence-electron chi connectivity index (χ1n) is 8.13. The fourth-order valence-corrected chi connectivity index (χ4v) is 4.01. The average Bonchev–Trinajstić information content (AvgIpc) is 2.91. The van der Waals surface area contributed by atoms with Gasteiger partial charge in [-0.05, 0) is 26.0 Å². The summed E-state index contributed by atoms with van der Waals surface area (Å²) in [5.74, 6) is -0.282. The third kappa shape index (κ3) is 4.48. The van der Waals surface area contributed by atoms with Crippen LogP contribution in [0.15, 0.2) is 18.2 Å². The van der Waals surface area contributed by atoms with Gasteiger partial charge in [0.1, 0.15) is 5.82 Å². The predicted octanol–water partition coefficient (Wildman–Crippen LogP) is 4.02. The molecule has 0 radical (unpaired) electrons. The number of thiazole rings is 1. The summed E-state index contributed by atoms with van der Waals surface area (Å²) in [4.78, 5) is 19.5. The second-order valence-electron chi connectivity index (χ2n) is 6.30. The van der Waals surface area contributed by atoms with Crippen LogP contribution in [-0.4, -0.2) is 28.5 Å². The van der Waals surface area contributed by atoms with E-state index in [-0.39, 0.29) is 17.9 Å². The van der Waals surface area contributed by atoms with E-state index in [1.807, 2.05) is 13.8 Å². The summed E-state index contributed by atoms with van der Waals surface area (Å²) in [6.07, 6.45) is 0.769. The highest BCUT2D eigenvalue weighted by Gasteiger charge is 2.23. The van der Waals surface area contributed by atoms with Gasteiger partial charge in [-0.2, -0.15) is 0 Å². The van der Waals surface area contributed by atoms with Crippen LogP contribution in [0.5, 0.6) is 0 Å². The van der Waals surface area contributed by atoms with Crippen LogP contribution in [0.2, 0.25) is 5.02 Å². The quantitative estimate of drug-likeness (QED) is 0.839. The molecule has 0 saturated heterocycles. The lowest BCUT2D eigenvalue weighted by Gasteiger charge is -2.26. The molecule has 0 aliphatic carbocycles. The number of carbonyl (C=O) groups excluding carboxylic acids is 1. The van der Waals surface area contributed by atoms with Crippen molar-refractivity contribution in [2.75, 3.05) is 11.9 Å². The average molecular weight is 383 g/mol. The van der Waals surface area contributed by atoms with Crippen molar-refractivity contribution in [3.63, 3.8) is 0 Å². The third-order valence-corrected chi connectivity index (χ3v) is 5.25. The highest BCUT2D eigenvalue weighted by molar-refractivity contribution is 7.15. The second-order valence-corrected chi connectivity index (χ2v) is 7.79. The number of aromatic nitrogens is 1. The number of halogens is 2. The Morgan fingerprint density at radius 3 is 3.00 bits per heavy atom. The van der Waals surface area contributed by atoms with Gasteiger partial charge in [0.05, 0.1) is 5.69 Å². The normalized spacial score (nSPS) is 14.4. The van der Waals surface area contributed by atoms with Gasteiger partial charge in [-0.15, -0.1) is 11.3 Å². The van der Waals surface area contributed by atoms with Crippen molar-refractivity contribution in [2.45, 2.75) is 39.4 Å². The topological polar surface area (TPSA) is 57.3 Å². The van der Waals surface area contributed by atoms with Gasteiger partial charge in [-0.3, -0.25) is 10.2 Å². The first kappa shape index (κ1) is 18.1. The summed E-state index contributed by atoms with van der Waals surface area (Å²) in [7, 11) is 0. The van der Waals surface area contributed by atoms with Crippen molar-refractivity contribution in [1.29, 1.82) is 0 Å². The van der Waals surface area contributed by atoms with Gasteiger partial charge >= 0.3 is 6.03 Å². The van der Waals surface area contributed by atoms with Crippen LogP contribution in [0, 0.1) is 5.82 Å². The summed E-state index contributed by atoms with van der Waals surface area (Å²) < 4.78 is 14.0. The Morgan fingerprint density at radius 2 is 2.28 bits per heavy atom. The molecule has 134 valence electrons. The first-order valence-corrected chi connectivity index (χ1v) is 9.33. The van der Waals surface area contributed by atoms with Crippen LogP contribution in [0.3, 0.4) is 0 Å². The molecule has 1 aromatic carbocycles. The van der Waals surface area contributed by atoms with Crippen molar-refractivity contribution < 1.29 is 9.18 Å². The summed E-state index contributed by atoms with van der Waals surface area (Å²) in [5, 5.41) is 6.58. The lowest BCUT2D eigenvalue weighted by atomic mass is 10.1. The molecule has 2 aromatic rings. The highest BCUT2D eigenvalue weighted by Crippen LogP contribution is 2.30. The molecular weight excluding hydrogens is 363 g/mol. The highest BCUT2D eigenvalue weighted by atomic mass is 35.5. The lowest BCUT2D eigenvalue weighted by molar-refractivity contribution is 0.244. The Kier molecular flexibility index (Phi) is 5.56. The maximum Gasteiger partial charge on any atom is 0.321 e. The number of urea groups is 1. The number of nitrogens with one attached hydrogen (secondary N) is 2. The Hall–Kier alpha value is -1.70. The van der Waals surface area contributed by atoms with Gasteiger partial charge < -0.3 is 5.32 Å². The fraction of sp³-hybridized carbons (Fsp3) is 0.412. The zero-order valence-corrected chi connectivity index (χ0v) is 15.7. The Labute approximate surface area is 155 Å². The minimum absolute atomic E-state index is 0.0654. The molecule has 0 fully saturated rings. The molecule has 0 unspecified atom stereocenters. The van der Waals surface area contributed by atoms with E-state index in [9.17, 15) is 9.18 Å².